The minimum atomic E-state index is -0.823. The third kappa shape index (κ3) is 4.12. The first-order valence-electron chi connectivity index (χ1n) is 4.97. The zero-order valence-corrected chi connectivity index (χ0v) is 9.29. The highest BCUT2D eigenvalue weighted by molar-refractivity contribution is 5.33. The molecular formula is C10H17N3O2. The van der Waals surface area contributed by atoms with Crippen LogP contribution in [-0.2, 0) is 6.42 Å². The number of hydrogen-bond acceptors (Lipinski definition) is 4. The van der Waals surface area contributed by atoms with E-state index in [1.165, 1.54) is 6.07 Å². The van der Waals surface area contributed by atoms with Gasteiger partial charge < -0.3 is 15.4 Å². The molecule has 1 aromatic rings. The van der Waals surface area contributed by atoms with Gasteiger partial charge in [-0.3, -0.25) is 4.79 Å². The van der Waals surface area contributed by atoms with Crippen molar-refractivity contribution in [2.45, 2.75) is 32.8 Å². The third-order valence-electron chi connectivity index (χ3n) is 1.83. The van der Waals surface area contributed by atoms with Gasteiger partial charge in [-0.25, -0.2) is 4.98 Å². The smallest absolute Gasteiger partial charge is 0.252 e. The van der Waals surface area contributed by atoms with Crippen molar-refractivity contribution in [3.8, 4) is 0 Å². The van der Waals surface area contributed by atoms with Crippen molar-refractivity contribution in [1.82, 2.24) is 9.97 Å². The fourth-order valence-corrected chi connectivity index (χ4v) is 1.07. The van der Waals surface area contributed by atoms with Crippen LogP contribution in [0.1, 0.15) is 26.6 Å². The molecule has 1 aromatic heterocycles. The van der Waals surface area contributed by atoms with Crippen molar-refractivity contribution in [2.24, 2.45) is 0 Å². The molecule has 0 aliphatic carbocycles. The number of aromatic amines is 1. The lowest BCUT2D eigenvalue weighted by Crippen LogP contribution is -2.30. The van der Waals surface area contributed by atoms with Crippen molar-refractivity contribution >= 4 is 5.82 Å². The molecule has 1 heterocycles. The molecule has 0 spiro atoms. The van der Waals surface area contributed by atoms with E-state index < -0.39 is 5.60 Å². The molecule has 0 amide bonds. The Hall–Kier alpha value is -1.36. The molecule has 0 bridgehead atoms. The molecule has 84 valence electrons. The van der Waals surface area contributed by atoms with E-state index in [1.807, 2.05) is 6.92 Å². The minimum absolute atomic E-state index is 0.180. The predicted octanol–water partition coefficient (Wildman–Crippen LogP) is 0.515. The number of hydrogen-bond donors (Lipinski definition) is 3. The van der Waals surface area contributed by atoms with Crippen LogP contribution in [0.15, 0.2) is 10.9 Å². The number of aryl methyl sites for hydroxylation is 1. The fourth-order valence-electron chi connectivity index (χ4n) is 1.07. The van der Waals surface area contributed by atoms with Gasteiger partial charge in [0.2, 0.25) is 0 Å². The lowest BCUT2D eigenvalue weighted by molar-refractivity contribution is 0.0944. The van der Waals surface area contributed by atoms with Gasteiger partial charge in [-0.05, 0) is 13.8 Å². The Balaban J connectivity index is 2.77. The average molecular weight is 211 g/mol. The Bertz CT molecular complexity index is 379. The van der Waals surface area contributed by atoms with Crippen LogP contribution in [0.3, 0.4) is 0 Å². The number of nitrogens with one attached hydrogen (secondary N) is 2. The van der Waals surface area contributed by atoms with Gasteiger partial charge in [0.05, 0.1) is 5.60 Å². The summed E-state index contributed by atoms with van der Waals surface area (Å²) in [4.78, 5) is 18.0. The molecule has 0 aromatic carbocycles. The maximum absolute atomic E-state index is 11.2. The van der Waals surface area contributed by atoms with Gasteiger partial charge in [0.1, 0.15) is 11.6 Å². The summed E-state index contributed by atoms with van der Waals surface area (Å²) in [7, 11) is 0. The Morgan fingerprint density at radius 1 is 1.60 bits per heavy atom. The van der Waals surface area contributed by atoms with Gasteiger partial charge in [0, 0.05) is 19.0 Å². The van der Waals surface area contributed by atoms with E-state index in [1.54, 1.807) is 13.8 Å². The zero-order chi connectivity index (χ0) is 11.5. The highest BCUT2D eigenvalue weighted by Gasteiger charge is 2.12. The molecule has 0 saturated carbocycles. The molecule has 0 radical (unpaired) electrons. The van der Waals surface area contributed by atoms with Crippen molar-refractivity contribution in [3.05, 3.63) is 22.2 Å². The summed E-state index contributed by atoms with van der Waals surface area (Å²) in [5.41, 5.74) is -1.00. The van der Waals surface area contributed by atoms with Gasteiger partial charge in [0.25, 0.3) is 5.56 Å². The Labute approximate surface area is 88.6 Å². The third-order valence-corrected chi connectivity index (χ3v) is 1.83. The molecule has 15 heavy (non-hydrogen) atoms. The first-order chi connectivity index (χ1) is 6.90. The zero-order valence-electron chi connectivity index (χ0n) is 9.29. The molecule has 1 rings (SSSR count). The first kappa shape index (κ1) is 11.7. The van der Waals surface area contributed by atoms with Crippen LogP contribution >= 0.6 is 0 Å². The second-order valence-electron chi connectivity index (χ2n) is 4.10. The SMILES string of the molecule is CCc1nc(NCC(C)(C)O)cc(=O)[nH]1. The van der Waals surface area contributed by atoms with Crippen molar-refractivity contribution in [2.75, 3.05) is 11.9 Å². The van der Waals surface area contributed by atoms with Crippen LogP contribution < -0.4 is 10.9 Å². The van der Waals surface area contributed by atoms with Gasteiger partial charge in [-0.2, -0.15) is 0 Å². The van der Waals surface area contributed by atoms with E-state index in [-0.39, 0.29) is 5.56 Å². The number of aromatic nitrogens is 2. The second-order valence-corrected chi connectivity index (χ2v) is 4.10. The second kappa shape index (κ2) is 4.44. The van der Waals surface area contributed by atoms with Gasteiger partial charge in [-0.15, -0.1) is 0 Å². The van der Waals surface area contributed by atoms with Gasteiger partial charge in [-0.1, -0.05) is 6.92 Å². The van der Waals surface area contributed by atoms with E-state index in [9.17, 15) is 9.90 Å². The maximum Gasteiger partial charge on any atom is 0.252 e. The molecule has 3 N–H and O–H groups in total. The van der Waals surface area contributed by atoms with Crippen LogP contribution in [-0.4, -0.2) is 27.2 Å². The van der Waals surface area contributed by atoms with E-state index in [0.29, 0.717) is 24.6 Å². The summed E-state index contributed by atoms with van der Waals surface area (Å²) in [6.07, 6.45) is 0.674. The quantitative estimate of drug-likeness (QED) is 0.678. The summed E-state index contributed by atoms with van der Waals surface area (Å²) in [6, 6.07) is 1.38. The average Bonchev–Trinajstić information content (AvgIpc) is 2.13. The topological polar surface area (TPSA) is 78.0 Å². The van der Waals surface area contributed by atoms with Crippen LogP contribution in [0.25, 0.3) is 0 Å². The molecule has 5 nitrogen and oxygen atoms in total. The van der Waals surface area contributed by atoms with Crippen LogP contribution in [0.2, 0.25) is 0 Å². The minimum Gasteiger partial charge on any atom is -0.389 e. The number of nitrogens with zero attached hydrogens (tertiary/aromatic N) is 1. The Morgan fingerprint density at radius 2 is 2.27 bits per heavy atom. The molecule has 0 unspecified atom stereocenters. The van der Waals surface area contributed by atoms with Gasteiger partial charge >= 0.3 is 0 Å². The number of anilines is 1. The van der Waals surface area contributed by atoms with Crippen LogP contribution in [0.5, 0.6) is 0 Å². The highest BCUT2D eigenvalue weighted by Crippen LogP contribution is 2.04. The maximum atomic E-state index is 11.2. The van der Waals surface area contributed by atoms with Crippen molar-refractivity contribution in [3.63, 3.8) is 0 Å². The first-order valence-corrected chi connectivity index (χ1v) is 4.97. The summed E-state index contributed by atoms with van der Waals surface area (Å²) in [5.74, 6) is 1.14. The molecule has 0 aliphatic rings. The Kier molecular flexibility index (Phi) is 3.47. The Morgan fingerprint density at radius 3 is 2.80 bits per heavy atom. The normalized spacial score (nSPS) is 11.5. The molecule has 0 atom stereocenters. The van der Waals surface area contributed by atoms with Crippen molar-refractivity contribution < 1.29 is 5.11 Å². The molecule has 0 aliphatic heterocycles. The molecule has 5 heteroatoms. The molecule has 0 fully saturated rings. The van der Waals surface area contributed by atoms with E-state index >= 15 is 0 Å². The highest BCUT2D eigenvalue weighted by atomic mass is 16.3. The summed E-state index contributed by atoms with van der Waals surface area (Å²) >= 11 is 0. The summed E-state index contributed by atoms with van der Waals surface area (Å²) in [5, 5.41) is 12.4. The molecule has 0 saturated heterocycles. The van der Waals surface area contributed by atoms with Crippen molar-refractivity contribution in [1.29, 1.82) is 0 Å². The predicted molar refractivity (Wildman–Crippen MR) is 59.0 cm³/mol. The lowest BCUT2D eigenvalue weighted by Gasteiger charge is -2.17. The summed E-state index contributed by atoms with van der Waals surface area (Å²) in [6.45, 7) is 5.65. The standard InChI is InChI=1S/C10H17N3O2/c1-4-7-12-8(5-9(14)13-7)11-6-10(2,3)15/h5,15H,4,6H2,1-3H3,(H2,11,12,13,14). The van der Waals surface area contributed by atoms with Gasteiger partial charge in [0.15, 0.2) is 0 Å². The monoisotopic (exact) mass is 211 g/mol. The van der Waals surface area contributed by atoms with E-state index in [2.05, 4.69) is 15.3 Å². The number of H-pyrrole nitrogens is 1. The van der Waals surface area contributed by atoms with E-state index in [4.69, 9.17) is 0 Å². The lowest BCUT2D eigenvalue weighted by atomic mass is 10.1. The summed E-state index contributed by atoms with van der Waals surface area (Å²) < 4.78 is 0. The van der Waals surface area contributed by atoms with Crippen LogP contribution in [0, 0.1) is 0 Å². The number of rotatable bonds is 4. The van der Waals surface area contributed by atoms with E-state index in [0.717, 1.165) is 0 Å². The molecular weight excluding hydrogens is 194 g/mol. The number of aliphatic hydroxyl groups is 1. The van der Waals surface area contributed by atoms with Crippen LogP contribution in [0.4, 0.5) is 5.82 Å². The largest absolute Gasteiger partial charge is 0.389 e. The fraction of sp³-hybridized carbons (Fsp3) is 0.600.